The normalized spacial score (nSPS) is 17.1. The molecule has 3 rings (SSSR count). The minimum Gasteiger partial charge on any atom is -0.489 e. The molecule has 0 saturated heterocycles. The van der Waals surface area contributed by atoms with Gasteiger partial charge in [0.1, 0.15) is 18.2 Å². The molecule has 0 heterocycles. The van der Waals surface area contributed by atoms with Crippen molar-refractivity contribution in [2.75, 3.05) is 0 Å². The number of rotatable bonds is 3. The van der Waals surface area contributed by atoms with Crippen molar-refractivity contribution in [2.24, 2.45) is 5.73 Å². The van der Waals surface area contributed by atoms with Crippen LogP contribution in [0.4, 0.5) is 4.39 Å². The summed E-state index contributed by atoms with van der Waals surface area (Å²) in [4.78, 5) is 0. The van der Waals surface area contributed by atoms with E-state index in [0.717, 1.165) is 23.1 Å². The largest absolute Gasteiger partial charge is 0.489 e. The van der Waals surface area contributed by atoms with Gasteiger partial charge < -0.3 is 10.5 Å². The molecule has 0 saturated carbocycles. The molecule has 1 aliphatic rings. The predicted molar refractivity (Wildman–Crippen MR) is 80.1 cm³/mol. The highest BCUT2D eigenvalue weighted by Gasteiger charge is 2.19. The number of hydrogen-bond acceptors (Lipinski definition) is 2. The lowest BCUT2D eigenvalue weighted by atomic mass is 10.1. The maximum absolute atomic E-state index is 13.6. The van der Waals surface area contributed by atoms with E-state index in [4.69, 9.17) is 10.5 Å². The van der Waals surface area contributed by atoms with Gasteiger partial charge in [-0.15, -0.1) is 0 Å². The molecule has 0 bridgehead atoms. The summed E-state index contributed by atoms with van der Waals surface area (Å²) < 4.78 is 20.2. The van der Waals surface area contributed by atoms with Gasteiger partial charge in [0.05, 0.1) is 0 Å². The van der Waals surface area contributed by atoms with Crippen LogP contribution in [0.15, 0.2) is 40.9 Å². The highest BCUT2D eigenvalue weighted by molar-refractivity contribution is 9.10. The Bertz CT molecular complexity index is 644. The van der Waals surface area contributed by atoms with Crippen molar-refractivity contribution in [2.45, 2.75) is 25.5 Å². The number of fused-ring (bicyclic) bond motifs is 1. The van der Waals surface area contributed by atoms with Crippen molar-refractivity contribution in [1.29, 1.82) is 0 Å². The fraction of sp³-hybridized carbons (Fsp3) is 0.250. The number of benzene rings is 2. The Morgan fingerprint density at radius 2 is 2.10 bits per heavy atom. The van der Waals surface area contributed by atoms with Gasteiger partial charge in [0.15, 0.2) is 0 Å². The number of nitrogens with two attached hydrogens (primary N) is 1. The first-order chi connectivity index (χ1) is 9.63. The number of aryl methyl sites for hydroxylation is 1. The quantitative estimate of drug-likeness (QED) is 0.915. The lowest BCUT2D eigenvalue weighted by Gasteiger charge is -2.10. The minimum atomic E-state index is -0.253. The average molecular weight is 336 g/mol. The van der Waals surface area contributed by atoms with Crippen LogP contribution in [0.3, 0.4) is 0 Å². The van der Waals surface area contributed by atoms with Crippen LogP contribution >= 0.6 is 15.9 Å². The van der Waals surface area contributed by atoms with Crippen molar-refractivity contribution >= 4 is 15.9 Å². The standard InChI is InChI=1S/C16H15BrFNO/c17-12-2-5-15(18)11(7-12)9-20-13-3-4-14-10(8-13)1-6-16(14)19/h2-5,7-8,16H,1,6,9,19H2/t16-/m1/s1. The Morgan fingerprint density at radius 3 is 2.95 bits per heavy atom. The fourth-order valence-electron chi connectivity index (χ4n) is 2.53. The third kappa shape index (κ3) is 2.72. The molecule has 0 fully saturated rings. The molecule has 0 amide bonds. The number of halogens is 2. The zero-order valence-electron chi connectivity index (χ0n) is 10.9. The van der Waals surface area contributed by atoms with Gasteiger partial charge in [0.25, 0.3) is 0 Å². The van der Waals surface area contributed by atoms with Crippen LogP contribution in [0.2, 0.25) is 0 Å². The van der Waals surface area contributed by atoms with Gasteiger partial charge in [-0.1, -0.05) is 22.0 Å². The van der Waals surface area contributed by atoms with Gasteiger partial charge in [0.2, 0.25) is 0 Å². The molecule has 0 radical (unpaired) electrons. The van der Waals surface area contributed by atoms with Gasteiger partial charge in [-0.25, -0.2) is 4.39 Å². The van der Waals surface area contributed by atoms with E-state index in [2.05, 4.69) is 15.9 Å². The predicted octanol–water partition coefficient (Wildman–Crippen LogP) is 4.11. The SMILES string of the molecule is N[C@@H]1CCc2cc(OCc3cc(Br)ccc3F)ccc21. The minimum absolute atomic E-state index is 0.140. The van der Waals surface area contributed by atoms with Crippen molar-refractivity contribution < 1.29 is 9.13 Å². The molecule has 0 aromatic heterocycles. The third-order valence-electron chi connectivity index (χ3n) is 3.64. The molecule has 2 aromatic rings. The highest BCUT2D eigenvalue weighted by atomic mass is 79.9. The Morgan fingerprint density at radius 1 is 1.25 bits per heavy atom. The van der Waals surface area contributed by atoms with Crippen LogP contribution in [0.1, 0.15) is 29.2 Å². The molecule has 0 aliphatic heterocycles. The van der Waals surface area contributed by atoms with E-state index < -0.39 is 0 Å². The van der Waals surface area contributed by atoms with Crippen LogP contribution in [0, 0.1) is 5.82 Å². The molecule has 2 aromatic carbocycles. The second-order valence-electron chi connectivity index (χ2n) is 5.03. The van der Waals surface area contributed by atoms with Crippen LogP contribution in [0.5, 0.6) is 5.75 Å². The van der Waals surface area contributed by atoms with Crippen LogP contribution in [0.25, 0.3) is 0 Å². The van der Waals surface area contributed by atoms with E-state index >= 15 is 0 Å². The van der Waals surface area contributed by atoms with E-state index in [1.165, 1.54) is 17.2 Å². The highest BCUT2D eigenvalue weighted by Crippen LogP contribution is 2.32. The van der Waals surface area contributed by atoms with E-state index in [9.17, 15) is 4.39 Å². The van der Waals surface area contributed by atoms with E-state index in [1.54, 1.807) is 12.1 Å². The Kier molecular flexibility index (Phi) is 3.76. The molecule has 0 unspecified atom stereocenters. The number of hydrogen-bond donors (Lipinski definition) is 1. The topological polar surface area (TPSA) is 35.2 Å². The van der Waals surface area contributed by atoms with Crippen LogP contribution in [-0.2, 0) is 13.0 Å². The maximum Gasteiger partial charge on any atom is 0.129 e. The van der Waals surface area contributed by atoms with E-state index in [1.807, 2.05) is 18.2 Å². The van der Waals surface area contributed by atoms with Crippen molar-refractivity contribution in [3.05, 3.63) is 63.4 Å². The monoisotopic (exact) mass is 335 g/mol. The van der Waals surface area contributed by atoms with Crippen LogP contribution in [-0.4, -0.2) is 0 Å². The second-order valence-corrected chi connectivity index (χ2v) is 5.95. The Balaban J connectivity index is 1.74. The molecule has 20 heavy (non-hydrogen) atoms. The van der Waals surface area contributed by atoms with Crippen molar-refractivity contribution in [3.8, 4) is 5.75 Å². The molecule has 1 atom stereocenters. The third-order valence-corrected chi connectivity index (χ3v) is 4.13. The molecular weight excluding hydrogens is 321 g/mol. The zero-order chi connectivity index (χ0) is 14.1. The number of ether oxygens (including phenoxy) is 1. The van der Waals surface area contributed by atoms with Crippen molar-refractivity contribution in [3.63, 3.8) is 0 Å². The molecule has 1 aliphatic carbocycles. The second kappa shape index (κ2) is 5.54. The Hall–Kier alpha value is -1.39. The molecule has 0 spiro atoms. The summed E-state index contributed by atoms with van der Waals surface area (Å²) in [6.07, 6.45) is 1.97. The summed E-state index contributed by atoms with van der Waals surface area (Å²) in [6.45, 7) is 0.218. The summed E-state index contributed by atoms with van der Waals surface area (Å²) in [6, 6.07) is 10.9. The first-order valence-corrected chi connectivity index (χ1v) is 7.38. The van der Waals surface area contributed by atoms with Gasteiger partial charge in [0, 0.05) is 16.1 Å². The van der Waals surface area contributed by atoms with E-state index in [-0.39, 0.29) is 18.5 Å². The summed E-state index contributed by atoms with van der Waals surface area (Å²) in [5.74, 6) is 0.508. The van der Waals surface area contributed by atoms with Gasteiger partial charge in [-0.2, -0.15) is 0 Å². The molecular formula is C16H15BrFNO. The first-order valence-electron chi connectivity index (χ1n) is 6.58. The van der Waals surface area contributed by atoms with Gasteiger partial charge in [-0.05, 0) is 54.3 Å². The molecule has 104 valence electrons. The van der Waals surface area contributed by atoms with Crippen molar-refractivity contribution in [1.82, 2.24) is 0 Å². The summed E-state index contributed by atoms with van der Waals surface area (Å²) in [5, 5.41) is 0. The molecule has 2 nitrogen and oxygen atoms in total. The zero-order valence-corrected chi connectivity index (χ0v) is 12.5. The smallest absolute Gasteiger partial charge is 0.129 e. The van der Waals surface area contributed by atoms with Crippen LogP contribution < -0.4 is 10.5 Å². The first kappa shape index (κ1) is 13.6. The fourth-order valence-corrected chi connectivity index (χ4v) is 2.94. The summed E-state index contributed by atoms with van der Waals surface area (Å²) >= 11 is 3.33. The van der Waals surface area contributed by atoms with Gasteiger partial charge >= 0.3 is 0 Å². The maximum atomic E-state index is 13.6. The lowest BCUT2D eigenvalue weighted by molar-refractivity contribution is 0.299. The van der Waals surface area contributed by atoms with E-state index in [0.29, 0.717) is 5.56 Å². The average Bonchev–Trinajstić information content (AvgIpc) is 2.81. The Labute approximate surface area is 125 Å². The molecule has 2 N–H and O–H groups in total. The summed E-state index contributed by atoms with van der Waals surface area (Å²) in [5.41, 5.74) is 8.98. The lowest BCUT2D eigenvalue weighted by Crippen LogP contribution is -2.05. The summed E-state index contributed by atoms with van der Waals surface area (Å²) in [7, 11) is 0. The van der Waals surface area contributed by atoms with Gasteiger partial charge in [-0.3, -0.25) is 0 Å². The molecule has 4 heteroatoms.